The molecule has 112 valence electrons. The van der Waals surface area contributed by atoms with Crippen LogP contribution in [-0.2, 0) is 11.3 Å². The molecule has 0 amide bonds. The van der Waals surface area contributed by atoms with Crippen molar-refractivity contribution in [3.63, 3.8) is 0 Å². The third kappa shape index (κ3) is 6.38. The van der Waals surface area contributed by atoms with Crippen molar-refractivity contribution in [2.24, 2.45) is 10.7 Å². The molecule has 3 N–H and O–H groups in total. The van der Waals surface area contributed by atoms with E-state index in [0.29, 0.717) is 25.0 Å². The normalized spacial score (nSPS) is 11.4. The van der Waals surface area contributed by atoms with E-state index in [1.165, 1.54) is 0 Å². The van der Waals surface area contributed by atoms with Gasteiger partial charge in [0.05, 0.1) is 13.2 Å². The lowest BCUT2D eigenvalue weighted by atomic mass is 10.3. The minimum absolute atomic E-state index is 0.424. The second kappa shape index (κ2) is 10.0. The summed E-state index contributed by atoms with van der Waals surface area (Å²) in [6.45, 7) is 7.16. The molecule has 0 aliphatic heterocycles. The second-order valence-electron chi connectivity index (χ2n) is 4.08. The Hall–Kier alpha value is -1.82. The Kier molecular flexibility index (Phi) is 8.14. The van der Waals surface area contributed by atoms with Gasteiger partial charge in [-0.05, 0) is 26.3 Å². The second-order valence-corrected chi connectivity index (χ2v) is 4.08. The first kappa shape index (κ1) is 16.2. The maximum absolute atomic E-state index is 5.80. The summed E-state index contributed by atoms with van der Waals surface area (Å²) in [5.41, 5.74) is 6.72. The number of hydrogen-bond donors (Lipinski definition) is 2. The summed E-state index contributed by atoms with van der Waals surface area (Å²) < 4.78 is 10.7. The summed E-state index contributed by atoms with van der Waals surface area (Å²) in [6.07, 6.45) is 2.61. The SMILES string of the molecule is CCOCCCNC(N)=NCc1cccnc1OCC. The van der Waals surface area contributed by atoms with Crippen molar-refractivity contribution in [3.8, 4) is 5.88 Å². The first-order valence-corrected chi connectivity index (χ1v) is 6.96. The third-order valence-electron chi connectivity index (χ3n) is 2.53. The Morgan fingerprint density at radius 2 is 2.25 bits per heavy atom. The van der Waals surface area contributed by atoms with Gasteiger partial charge in [-0.25, -0.2) is 9.98 Å². The molecule has 1 aromatic rings. The summed E-state index contributed by atoms with van der Waals surface area (Å²) in [4.78, 5) is 8.45. The number of aromatic nitrogens is 1. The van der Waals surface area contributed by atoms with Gasteiger partial charge in [-0.2, -0.15) is 0 Å². The van der Waals surface area contributed by atoms with Gasteiger partial charge < -0.3 is 20.5 Å². The fourth-order valence-electron chi connectivity index (χ4n) is 1.57. The maximum atomic E-state index is 5.80. The Bertz CT molecular complexity index is 410. The van der Waals surface area contributed by atoms with Crippen molar-refractivity contribution in [3.05, 3.63) is 23.9 Å². The summed E-state index contributed by atoms with van der Waals surface area (Å²) in [6, 6.07) is 3.79. The minimum Gasteiger partial charge on any atom is -0.478 e. The molecule has 0 atom stereocenters. The lowest BCUT2D eigenvalue weighted by Gasteiger charge is -2.08. The molecule has 1 rings (SSSR count). The quantitative estimate of drug-likeness (QED) is 0.405. The molecular weight excluding hydrogens is 256 g/mol. The smallest absolute Gasteiger partial charge is 0.218 e. The Balaban J connectivity index is 2.38. The Labute approximate surface area is 120 Å². The summed E-state index contributed by atoms with van der Waals surface area (Å²) >= 11 is 0. The lowest BCUT2D eigenvalue weighted by Crippen LogP contribution is -2.32. The van der Waals surface area contributed by atoms with Crippen molar-refractivity contribution in [2.45, 2.75) is 26.8 Å². The highest BCUT2D eigenvalue weighted by Gasteiger charge is 2.03. The van der Waals surface area contributed by atoms with Crippen LogP contribution in [0, 0.1) is 0 Å². The summed E-state index contributed by atoms with van der Waals surface area (Å²) in [7, 11) is 0. The number of aliphatic imine (C=N–C) groups is 1. The number of nitrogens with two attached hydrogens (primary N) is 1. The van der Waals surface area contributed by atoms with Gasteiger partial charge in [0, 0.05) is 31.5 Å². The van der Waals surface area contributed by atoms with Gasteiger partial charge in [-0.15, -0.1) is 0 Å². The van der Waals surface area contributed by atoms with Crippen molar-refractivity contribution in [2.75, 3.05) is 26.4 Å². The number of nitrogens with zero attached hydrogens (tertiary/aromatic N) is 2. The average molecular weight is 280 g/mol. The molecule has 0 saturated carbocycles. The highest BCUT2D eigenvalue weighted by atomic mass is 16.5. The van der Waals surface area contributed by atoms with E-state index in [9.17, 15) is 0 Å². The summed E-state index contributed by atoms with van der Waals surface area (Å²) in [5, 5.41) is 3.05. The van der Waals surface area contributed by atoms with E-state index in [-0.39, 0.29) is 0 Å². The van der Waals surface area contributed by atoms with Gasteiger partial charge in [-0.3, -0.25) is 0 Å². The number of guanidine groups is 1. The molecule has 0 fully saturated rings. The van der Waals surface area contributed by atoms with Gasteiger partial charge in [0.15, 0.2) is 5.96 Å². The highest BCUT2D eigenvalue weighted by Crippen LogP contribution is 2.14. The van der Waals surface area contributed by atoms with Gasteiger partial charge in [0.25, 0.3) is 0 Å². The zero-order valence-electron chi connectivity index (χ0n) is 12.3. The topological polar surface area (TPSA) is 81.8 Å². The standard InChI is InChI=1S/C14H24N4O2/c1-3-19-10-6-9-17-14(15)18-11-12-7-5-8-16-13(12)20-4-2/h5,7-8H,3-4,6,9-11H2,1-2H3,(H3,15,17,18). The van der Waals surface area contributed by atoms with Crippen molar-refractivity contribution < 1.29 is 9.47 Å². The van der Waals surface area contributed by atoms with Crippen molar-refractivity contribution in [1.29, 1.82) is 0 Å². The molecule has 1 aromatic heterocycles. The van der Waals surface area contributed by atoms with E-state index < -0.39 is 0 Å². The summed E-state index contributed by atoms with van der Waals surface area (Å²) in [5.74, 6) is 1.04. The zero-order chi connectivity index (χ0) is 14.6. The third-order valence-corrected chi connectivity index (χ3v) is 2.53. The first-order chi connectivity index (χ1) is 9.77. The van der Waals surface area contributed by atoms with Crippen LogP contribution in [0.5, 0.6) is 5.88 Å². The largest absolute Gasteiger partial charge is 0.478 e. The van der Waals surface area contributed by atoms with Crippen LogP contribution in [0.25, 0.3) is 0 Å². The predicted octanol–water partition coefficient (Wildman–Crippen LogP) is 1.31. The van der Waals surface area contributed by atoms with Gasteiger partial charge in [-0.1, -0.05) is 6.07 Å². The number of pyridine rings is 1. The number of ether oxygens (including phenoxy) is 2. The average Bonchev–Trinajstić information content (AvgIpc) is 2.46. The molecule has 0 unspecified atom stereocenters. The molecule has 1 heterocycles. The number of nitrogens with one attached hydrogen (secondary N) is 1. The number of rotatable bonds is 9. The molecule has 6 heteroatoms. The van der Waals surface area contributed by atoms with Crippen LogP contribution in [0.4, 0.5) is 0 Å². The van der Waals surface area contributed by atoms with Crippen molar-refractivity contribution in [1.82, 2.24) is 10.3 Å². The molecular formula is C14H24N4O2. The predicted molar refractivity (Wildman–Crippen MR) is 79.8 cm³/mol. The van der Waals surface area contributed by atoms with Crippen LogP contribution in [0.3, 0.4) is 0 Å². The van der Waals surface area contributed by atoms with Gasteiger partial charge in [0.1, 0.15) is 0 Å². The lowest BCUT2D eigenvalue weighted by molar-refractivity contribution is 0.145. The fraction of sp³-hybridized carbons (Fsp3) is 0.571. The van der Waals surface area contributed by atoms with Crippen LogP contribution in [0.2, 0.25) is 0 Å². The van der Waals surface area contributed by atoms with E-state index in [2.05, 4.69) is 15.3 Å². The van der Waals surface area contributed by atoms with Crippen LogP contribution in [0.15, 0.2) is 23.3 Å². The van der Waals surface area contributed by atoms with Crippen LogP contribution in [-0.4, -0.2) is 37.3 Å². The molecule has 0 radical (unpaired) electrons. The molecule has 6 nitrogen and oxygen atoms in total. The van der Waals surface area contributed by atoms with E-state index in [4.69, 9.17) is 15.2 Å². The Morgan fingerprint density at radius 1 is 1.40 bits per heavy atom. The monoisotopic (exact) mass is 280 g/mol. The van der Waals surface area contributed by atoms with E-state index in [1.807, 2.05) is 26.0 Å². The number of hydrogen-bond acceptors (Lipinski definition) is 4. The Morgan fingerprint density at radius 3 is 3.00 bits per heavy atom. The van der Waals surface area contributed by atoms with Gasteiger partial charge >= 0.3 is 0 Å². The molecule has 0 saturated heterocycles. The van der Waals surface area contributed by atoms with Gasteiger partial charge in [0.2, 0.25) is 5.88 Å². The molecule has 0 aliphatic carbocycles. The van der Waals surface area contributed by atoms with Crippen LogP contribution in [0.1, 0.15) is 25.8 Å². The molecule has 0 spiro atoms. The van der Waals surface area contributed by atoms with Crippen LogP contribution >= 0.6 is 0 Å². The molecule has 0 bridgehead atoms. The van der Waals surface area contributed by atoms with E-state index in [0.717, 1.165) is 31.7 Å². The molecule has 20 heavy (non-hydrogen) atoms. The zero-order valence-corrected chi connectivity index (χ0v) is 12.3. The minimum atomic E-state index is 0.424. The first-order valence-electron chi connectivity index (χ1n) is 6.96. The highest BCUT2D eigenvalue weighted by molar-refractivity contribution is 5.77. The van der Waals surface area contributed by atoms with E-state index in [1.54, 1.807) is 6.20 Å². The molecule has 0 aromatic carbocycles. The van der Waals surface area contributed by atoms with Crippen molar-refractivity contribution >= 4 is 5.96 Å². The van der Waals surface area contributed by atoms with E-state index >= 15 is 0 Å². The fourth-order valence-corrected chi connectivity index (χ4v) is 1.57. The maximum Gasteiger partial charge on any atom is 0.218 e. The molecule has 0 aliphatic rings. The van der Waals surface area contributed by atoms with Crippen LogP contribution < -0.4 is 15.8 Å².